The molecule has 1 fully saturated rings. The molecule has 0 saturated carbocycles. The summed E-state index contributed by atoms with van der Waals surface area (Å²) in [5, 5.41) is 25.6. The van der Waals surface area contributed by atoms with Crippen LogP contribution in [0.15, 0.2) is 91.0 Å². The molecule has 190 valence electrons. The van der Waals surface area contributed by atoms with Crippen molar-refractivity contribution in [3.8, 4) is 0 Å². The van der Waals surface area contributed by atoms with Gasteiger partial charge in [-0.1, -0.05) is 97.9 Å². The van der Waals surface area contributed by atoms with Gasteiger partial charge in [-0.05, 0) is 30.0 Å². The predicted molar refractivity (Wildman–Crippen MR) is 137 cm³/mol. The highest BCUT2D eigenvalue weighted by molar-refractivity contribution is 5.66. The standard InChI is InChI=1S/C8H14O3.3C7H8O/c1-5-4-6(2)10-8(5)11-7(3)9;3*8-6-7-4-2-1-3-5-7/h5-6,8H,4H2,1-3H3;3*1-5,8H,6H2/t5-,6?,8?;;;/m0.../s1. The Bertz CT molecular complexity index is 808. The Labute approximate surface area is 208 Å². The van der Waals surface area contributed by atoms with Crippen molar-refractivity contribution in [2.75, 3.05) is 0 Å². The third-order valence-corrected chi connectivity index (χ3v) is 4.89. The van der Waals surface area contributed by atoms with Crippen molar-refractivity contribution in [2.24, 2.45) is 5.92 Å². The maximum absolute atomic E-state index is 10.5. The molecule has 0 aromatic heterocycles. The summed E-state index contributed by atoms with van der Waals surface area (Å²) in [7, 11) is 0. The molecule has 6 nitrogen and oxygen atoms in total. The number of carbonyl (C=O) groups excluding carboxylic acids is 1. The van der Waals surface area contributed by atoms with Crippen LogP contribution in [0, 0.1) is 5.92 Å². The maximum Gasteiger partial charge on any atom is 0.304 e. The molecule has 3 aromatic rings. The summed E-state index contributed by atoms with van der Waals surface area (Å²) >= 11 is 0. The van der Waals surface area contributed by atoms with Gasteiger partial charge in [-0.25, -0.2) is 0 Å². The fraction of sp³-hybridized carbons (Fsp3) is 0.345. The number of carbonyl (C=O) groups is 1. The van der Waals surface area contributed by atoms with Crippen molar-refractivity contribution in [1.29, 1.82) is 0 Å². The summed E-state index contributed by atoms with van der Waals surface area (Å²) in [6.45, 7) is 5.83. The van der Waals surface area contributed by atoms with Gasteiger partial charge >= 0.3 is 5.97 Å². The third-order valence-electron chi connectivity index (χ3n) is 4.89. The Kier molecular flexibility index (Phi) is 15.7. The SMILES string of the molecule is CC(=O)OC1OC(C)C[C@@H]1C.OCc1ccccc1.OCc1ccccc1.OCc1ccccc1. The molecular weight excluding hydrogens is 444 g/mol. The van der Waals surface area contributed by atoms with E-state index in [9.17, 15) is 4.79 Å². The molecule has 0 bridgehead atoms. The molecule has 0 spiro atoms. The highest BCUT2D eigenvalue weighted by atomic mass is 16.7. The second-order valence-corrected chi connectivity index (χ2v) is 8.07. The van der Waals surface area contributed by atoms with Gasteiger partial charge in [0.1, 0.15) is 0 Å². The molecule has 0 radical (unpaired) electrons. The fourth-order valence-electron chi connectivity index (χ4n) is 3.11. The predicted octanol–water partition coefficient (Wildman–Crippen LogP) is 4.86. The summed E-state index contributed by atoms with van der Waals surface area (Å²) in [6, 6.07) is 28.6. The Balaban J connectivity index is 0.000000236. The number of rotatable bonds is 4. The minimum absolute atomic E-state index is 0.140. The largest absolute Gasteiger partial charge is 0.436 e. The topological polar surface area (TPSA) is 96.2 Å². The van der Waals surface area contributed by atoms with Crippen LogP contribution < -0.4 is 0 Å². The van der Waals surface area contributed by atoms with Crippen LogP contribution in [0.2, 0.25) is 0 Å². The molecule has 0 aliphatic carbocycles. The zero-order valence-corrected chi connectivity index (χ0v) is 20.8. The monoisotopic (exact) mass is 482 g/mol. The second-order valence-electron chi connectivity index (χ2n) is 8.07. The smallest absolute Gasteiger partial charge is 0.304 e. The summed E-state index contributed by atoms with van der Waals surface area (Å²) in [5.41, 5.74) is 2.90. The minimum Gasteiger partial charge on any atom is -0.436 e. The van der Waals surface area contributed by atoms with Crippen LogP contribution in [0.3, 0.4) is 0 Å². The van der Waals surface area contributed by atoms with Crippen molar-refractivity contribution in [1.82, 2.24) is 0 Å². The quantitative estimate of drug-likeness (QED) is 0.460. The number of benzene rings is 3. The van der Waals surface area contributed by atoms with E-state index in [1.165, 1.54) is 6.92 Å². The second kappa shape index (κ2) is 18.3. The van der Waals surface area contributed by atoms with Crippen LogP contribution in [0.25, 0.3) is 0 Å². The average Bonchev–Trinajstić information content (AvgIpc) is 3.22. The van der Waals surface area contributed by atoms with Crippen LogP contribution in [-0.4, -0.2) is 33.7 Å². The van der Waals surface area contributed by atoms with Gasteiger partial charge in [0.15, 0.2) is 0 Å². The van der Waals surface area contributed by atoms with Gasteiger partial charge in [0.05, 0.1) is 25.9 Å². The Morgan fingerprint density at radius 3 is 1.29 bits per heavy atom. The summed E-state index contributed by atoms with van der Waals surface area (Å²) in [6.07, 6.45) is 0.870. The number of ether oxygens (including phenoxy) is 2. The van der Waals surface area contributed by atoms with Gasteiger partial charge < -0.3 is 24.8 Å². The molecule has 6 heteroatoms. The van der Waals surface area contributed by atoms with Crippen molar-refractivity contribution in [3.63, 3.8) is 0 Å². The molecule has 1 heterocycles. The molecular formula is C29H38O6. The molecule has 1 saturated heterocycles. The fourth-order valence-corrected chi connectivity index (χ4v) is 3.11. The summed E-state index contributed by atoms with van der Waals surface area (Å²) in [5.74, 6) is 0.0600. The first-order chi connectivity index (χ1) is 16.9. The highest BCUT2D eigenvalue weighted by Crippen LogP contribution is 2.26. The molecule has 2 unspecified atom stereocenters. The normalized spacial score (nSPS) is 17.9. The first-order valence-electron chi connectivity index (χ1n) is 11.7. The Morgan fingerprint density at radius 1 is 0.743 bits per heavy atom. The van der Waals surface area contributed by atoms with E-state index in [-0.39, 0.29) is 38.2 Å². The lowest BCUT2D eigenvalue weighted by molar-refractivity contribution is -0.177. The molecule has 1 aliphatic heterocycles. The molecule has 3 N–H and O–H groups in total. The van der Waals surface area contributed by atoms with Crippen LogP contribution in [0.1, 0.15) is 43.9 Å². The molecule has 1 aliphatic rings. The van der Waals surface area contributed by atoms with E-state index < -0.39 is 0 Å². The van der Waals surface area contributed by atoms with Crippen LogP contribution >= 0.6 is 0 Å². The van der Waals surface area contributed by atoms with E-state index in [0.29, 0.717) is 5.92 Å². The minimum atomic E-state index is -0.317. The molecule has 35 heavy (non-hydrogen) atoms. The van der Waals surface area contributed by atoms with Gasteiger partial charge in [-0.3, -0.25) is 4.79 Å². The van der Waals surface area contributed by atoms with Gasteiger partial charge in [-0.15, -0.1) is 0 Å². The van der Waals surface area contributed by atoms with E-state index >= 15 is 0 Å². The maximum atomic E-state index is 10.5. The highest BCUT2D eigenvalue weighted by Gasteiger charge is 2.31. The van der Waals surface area contributed by atoms with Gasteiger partial charge in [0.25, 0.3) is 0 Å². The van der Waals surface area contributed by atoms with Crippen LogP contribution in [0.5, 0.6) is 0 Å². The van der Waals surface area contributed by atoms with Gasteiger partial charge in [0, 0.05) is 12.8 Å². The lowest BCUT2D eigenvalue weighted by Crippen LogP contribution is -2.20. The molecule has 3 aromatic carbocycles. The summed E-state index contributed by atoms with van der Waals surface area (Å²) < 4.78 is 10.3. The van der Waals surface area contributed by atoms with Crippen molar-refractivity contribution in [2.45, 2.75) is 59.4 Å². The average molecular weight is 483 g/mol. The van der Waals surface area contributed by atoms with Crippen molar-refractivity contribution < 1.29 is 29.6 Å². The number of aliphatic hydroxyl groups is 3. The lowest BCUT2D eigenvalue weighted by Gasteiger charge is -2.13. The van der Waals surface area contributed by atoms with Crippen molar-refractivity contribution in [3.05, 3.63) is 108 Å². The van der Waals surface area contributed by atoms with E-state index in [0.717, 1.165) is 23.1 Å². The zero-order valence-electron chi connectivity index (χ0n) is 20.8. The first-order valence-corrected chi connectivity index (χ1v) is 11.7. The van der Waals surface area contributed by atoms with E-state index in [1.54, 1.807) is 0 Å². The van der Waals surface area contributed by atoms with Crippen LogP contribution in [-0.2, 0) is 34.1 Å². The van der Waals surface area contributed by atoms with Crippen LogP contribution in [0.4, 0.5) is 0 Å². The Hall–Kier alpha value is -3.03. The van der Waals surface area contributed by atoms with E-state index in [2.05, 4.69) is 0 Å². The van der Waals surface area contributed by atoms with Gasteiger partial charge in [0.2, 0.25) is 6.29 Å². The lowest BCUT2D eigenvalue weighted by atomic mass is 10.1. The number of hydrogen-bond acceptors (Lipinski definition) is 6. The number of aliphatic hydroxyl groups excluding tert-OH is 3. The third kappa shape index (κ3) is 14.1. The molecule has 4 rings (SSSR count). The Morgan fingerprint density at radius 2 is 1.09 bits per heavy atom. The van der Waals surface area contributed by atoms with Gasteiger partial charge in [-0.2, -0.15) is 0 Å². The molecule has 3 atom stereocenters. The van der Waals surface area contributed by atoms with Crippen molar-refractivity contribution >= 4 is 5.97 Å². The van der Waals surface area contributed by atoms with E-state index in [4.69, 9.17) is 24.8 Å². The first kappa shape index (κ1) is 30.0. The number of esters is 1. The summed E-state index contributed by atoms with van der Waals surface area (Å²) in [4.78, 5) is 10.5. The zero-order chi connectivity index (χ0) is 25.9. The van der Waals surface area contributed by atoms with E-state index in [1.807, 2.05) is 105 Å². The number of hydrogen-bond donors (Lipinski definition) is 3. The molecule has 0 amide bonds.